The molecular formula is C18H19BrN2O4. The standard InChI is InChI=1S/C18H19BrN2O4/c1-12-9-14(7-8-15(12)19)25-11-17(22)21-20-10-13-5-4-6-16(23-2)18(13)24-3/h4-10H,11H2,1-3H3,(H,21,22). The lowest BCUT2D eigenvalue weighted by Crippen LogP contribution is -2.24. The summed E-state index contributed by atoms with van der Waals surface area (Å²) in [5.41, 5.74) is 4.13. The fourth-order valence-corrected chi connectivity index (χ4v) is 2.32. The summed E-state index contributed by atoms with van der Waals surface area (Å²) >= 11 is 3.41. The SMILES string of the molecule is COc1cccc(C=NNC(=O)COc2ccc(Br)c(C)c2)c1OC. The van der Waals surface area contributed by atoms with Crippen LogP contribution in [0.1, 0.15) is 11.1 Å². The van der Waals surface area contributed by atoms with Crippen molar-refractivity contribution >= 4 is 28.1 Å². The van der Waals surface area contributed by atoms with E-state index in [4.69, 9.17) is 14.2 Å². The van der Waals surface area contributed by atoms with Crippen molar-refractivity contribution in [2.24, 2.45) is 5.10 Å². The molecule has 6 nitrogen and oxygen atoms in total. The molecule has 0 aliphatic heterocycles. The summed E-state index contributed by atoms with van der Waals surface area (Å²) in [5.74, 6) is 1.39. The number of carbonyl (C=O) groups is 1. The minimum absolute atomic E-state index is 0.131. The van der Waals surface area contributed by atoms with Gasteiger partial charge in [-0.3, -0.25) is 4.79 Å². The molecule has 2 aromatic carbocycles. The molecule has 0 spiro atoms. The van der Waals surface area contributed by atoms with E-state index in [0.717, 1.165) is 10.0 Å². The van der Waals surface area contributed by atoms with Crippen molar-refractivity contribution in [2.75, 3.05) is 20.8 Å². The minimum atomic E-state index is -0.362. The molecule has 7 heteroatoms. The molecule has 25 heavy (non-hydrogen) atoms. The number of halogens is 1. The lowest BCUT2D eigenvalue weighted by atomic mass is 10.2. The van der Waals surface area contributed by atoms with Crippen LogP contribution < -0.4 is 19.6 Å². The number of amides is 1. The van der Waals surface area contributed by atoms with Gasteiger partial charge in [-0.05, 0) is 42.8 Å². The lowest BCUT2D eigenvalue weighted by Gasteiger charge is -2.09. The van der Waals surface area contributed by atoms with E-state index in [9.17, 15) is 4.79 Å². The summed E-state index contributed by atoms with van der Waals surface area (Å²) in [6.45, 7) is 1.82. The maximum absolute atomic E-state index is 11.8. The number of hydrogen-bond acceptors (Lipinski definition) is 5. The van der Waals surface area contributed by atoms with Gasteiger partial charge in [0.25, 0.3) is 5.91 Å². The van der Waals surface area contributed by atoms with Crippen LogP contribution in [0.3, 0.4) is 0 Å². The Hall–Kier alpha value is -2.54. The van der Waals surface area contributed by atoms with Crippen molar-refractivity contribution in [2.45, 2.75) is 6.92 Å². The largest absolute Gasteiger partial charge is 0.493 e. The Morgan fingerprint density at radius 2 is 2.04 bits per heavy atom. The summed E-state index contributed by atoms with van der Waals surface area (Å²) in [6, 6.07) is 10.9. The summed E-state index contributed by atoms with van der Waals surface area (Å²) in [4.78, 5) is 11.8. The van der Waals surface area contributed by atoms with Crippen LogP contribution in [0.15, 0.2) is 46.0 Å². The van der Waals surface area contributed by atoms with E-state index in [0.29, 0.717) is 22.8 Å². The third-order valence-electron chi connectivity index (χ3n) is 3.33. The summed E-state index contributed by atoms with van der Waals surface area (Å²) in [7, 11) is 3.10. The minimum Gasteiger partial charge on any atom is -0.493 e. The highest BCUT2D eigenvalue weighted by atomic mass is 79.9. The number of nitrogens with one attached hydrogen (secondary N) is 1. The number of benzene rings is 2. The first-order valence-corrected chi connectivity index (χ1v) is 8.26. The van der Waals surface area contributed by atoms with Gasteiger partial charge >= 0.3 is 0 Å². The van der Waals surface area contributed by atoms with E-state index in [-0.39, 0.29) is 12.5 Å². The van der Waals surface area contributed by atoms with E-state index < -0.39 is 0 Å². The molecule has 0 radical (unpaired) electrons. The number of para-hydroxylation sites is 1. The molecule has 0 aliphatic rings. The van der Waals surface area contributed by atoms with Crippen molar-refractivity contribution in [3.63, 3.8) is 0 Å². The van der Waals surface area contributed by atoms with Gasteiger partial charge in [0.05, 0.1) is 20.4 Å². The number of ether oxygens (including phenoxy) is 3. The molecule has 2 aromatic rings. The van der Waals surface area contributed by atoms with Crippen LogP contribution in [0, 0.1) is 6.92 Å². The van der Waals surface area contributed by atoms with Crippen molar-refractivity contribution in [3.05, 3.63) is 52.0 Å². The second-order valence-electron chi connectivity index (χ2n) is 5.08. The summed E-state index contributed by atoms with van der Waals surface area (Å²) in [6.07, 6.45) is 1.49. The van der Waals surface area contributed by atoms with Crippen LogP contribution in [0.4, 0.5) is 0 Å². The molecule has 132 valence electrons. The first-order chi connectivity index (χ1) is 12.0. The summed E-state index contributed by atoms with van der Waals surface area (Å²) in [5, 5.41) is 3.92. The highest BCUT2D eigenvalue weighted by Crippen LogP contribution is 2.29. The molecule has 1 amide bonds. The molecule has 0 aliphatic carbocycles. The molecule has 0 atom stereocenters. The Morgan fingerprint density at radius 3 is 2.72 bits per heavy atom. The van der Waals surface area contributed by atoms with E-state index in [1.54, 1.807) is 32.4 Å². The third-order valence-corrected chi connectivity index (χ3v) is 4.22. The van der Waals surface area contributed by atoms with Crippen LogP contribution in [-0.2, 0) is 4.79 Å². The van der Waals surface area contributed by atoms with Crippen molar-refractivity contribution < 1.29 is 19.0 Å². The first-order valence-electron chi connectivity index (χ1n) is 7.47. The van der Waals surface area contributed by atoms with Crippen LogP contribution in [0.5, 0.6) is 17.2 Å². The maximum Gasteiger partial charge on any atom is 0.277 e. The number of aryl methyl sites for hydroxylation is 1. The molecule has 0 saturated heterocycles. The highest BCUT2D eigenvalue weighted by Gasteiger charge is 2.08. The molecule has 0 heterocycles. The monoisotopic (exact) mass is 406 g/mol. The van der Waals surface area contributed by atoms with Gasteiger partial charge < -0.3 is 14.2 Å². The number of nitrogens with zero attached hydrogens (tertiary/aromatic N) is 1. The zero-order chi connectivity index (χ0) is 18.2. The fraction of sp³-hybridized carbons (Fsp3) is 0.222. The van der Waals surface area contributed by atoms with E-state index >= 15 is 0 Å². The molecule has 2 rings (SSSR count). The van der Waals surface area contributed by atoms with Crippen LogP contribution in [0.25, 0.3) is 0 Å². The molecule has 0 saturated carbocycles. The van der Waals surface area contributed by atoms with Crippen LogP contribution in [0.2, 0.25) is 0 Å². The van der Waals surface area contributed by atoms with Gasteiger partial charge in [-0.15, -0.1) is 0 Å². The van der Waals surface area contributed by atoms with Gasteiger partial charge in [-0.2, -0.15) is 5.10 Å². The predicted molar refractivity (Wildman–Crippen MR) is 99.7 cm³/mol. The first kappa shape index (κ1) is 18.8. The van der Waals surface area contributed by atoms with Gasteiger partial charge in [0.15, 0.2) is 18.1 Å². The zero-order valence-corrected chi connectivity index (χ0v) is 15.8. The Balaban J connectivity index is 1.91. The maximum atomic E-state index is 11.8. The van der Waals surface area contributed by atoms with Crippen molar-refractivity contribution in [3.8, 4) is 17.2 Å². The van der Waals surface area contributed by atoms with E-state index in [1.807, 2.05) is 25.1 Å². The van der Waals surface area contributed by atoms with Gasteiger partial charge in [-0.25, -0.2) is 5.43 Å². The quantitative estimate of drug-likeness (QED) is 0.565. The molecule has 0 unspecified atom stereocenters. The van der Waals surface area contributed by atoms with E-state index in [2.05, 4.69) is 26.5 Å². The number of rotatable bonds is 7. The number of methoxy groups -OCH3 is 2. The lowest BCUT2D eigenvalue weighted by molar-refractivity contribution is -0.123. The molecule has 0 bridgehead atoms. The second-order valence-corrected chi connectivity index (χ2v) is 5.93. The Labute approximate surface area is 154 Å². The smallest absolute Gasteiger partial charge is 0.277 e. The molecular weight excluding hydrogens is 388 g/mol. The number of carbonyl (C=O) groups excluding carboxylic acids is 1. The molecule has 0 aromatic heterocycles. The Morgan fingerprint density at radius 1 is 1.24 bits per heavy atom. The zero-order valence-electron chi connectivity index (χ0n) is 14.2. The van der Waals surface area contributed by atoms with Gasteiger partial charge in [0, 0.05) is 10.0 Å². The van der Waals surface area contributed by atoms with Gasteiger partial charge in [0.1, 0.15) is 5.75 Å². The highest BCUT2D eigenvalue weighted by molar-refractivity contribution is 9.10. The third kappa shape index (κ3) is 5.22. The van der Waals surface area contributed by atoms with Crippen LogP contribution in [-0.4, -0.2) is 32.9 Å². The van der Waals surface area contributed by atoms with Crippen molar-refractivity contribution in [1.29, 1.82) is 0 Å². The normalized spacial score (nSPS) is 10.6. The van der Waals surface area contributed by atoms with Gasteiger partial charge in [-0.1, -0.05) is 22.0 Å². The predicted octanol–water partition coefficient (Wildman–Crippen LogP) is 3.30. The van der Waals surface area contributed by atoms with Gasteiger partial charge in [0.2, 0.25) is 0 Å². The fourth-order valence-electron chi connectivity index (χ4n) is 2.08. The number of hydrogen-bond donors (Lipinski definition) is 1. The molecule has 0 fully saturated rings. The summed E-state index contributed by atoms with van der Waals surface area (Å²) < 4.78 is 16.9. The Bertz CT molecular complexity index is 778. The van der Waals surface area contributed by atoms with Crippen molar-refractivity contribution in [1.82, 2.24) is 5.43 Å². The van der Waals surface area contributed by atoms with E-state index in [1.165, 1.54) is 6.21 Å². The molecule has 1 N–H and O–H groups in total. The Kier molecular flexibility index (Phi) is 6.82. The average molecular weight is 407 g/mol. The number of hydrazone groups is 1. The second kappa shape index (κ2) is 9.08. The van der Waals surface area contributed by atoms with Crippen LogP contribution >= 0.6 is 15.9 Å². The topological polar surface area (TPSA) is 69.2 Å². The average Bonchev–Trinajstić information content (AvgIpc) is 2.62.